The SMILES string of the molecule is CCC(C)N(CC)CC(=O)c1sccc1Br. The Morgan fingerprint density at radius 1 is 1.56 bits per heavy atom. The number of carbonyl (C=O) groups excluding carboxylic acids is 1. The summed E-state index contributed by atoms with van der Waals surface area (Å²) in [4.78, 5) is 15.1. The quantitative estimate of drug-likeness (QED) is 0.745. The van der Waals surface area contributed by atoms with Gasteiger partial charge in [-0.05, 0) is 47.3 Å². The first kappa shape index (κ1) is 13.9. The van der Waals surface area contributed by atoms with Crippen LogP contribution in [-0.4, -0.2) is 29.8 Å². The molecule has 0 saturated carbocycles. The third-order valence-electron chi connectivity index (χ3n) is 2.84. The van der Waals surface area contributed by atoms with Gasteiger partial charge in [0.2, 0.25) is 0 Å². The summed E-state index contributed by atoms with van der Waals surface area (Å²) in [6.45, 7) is 7.86. The number of thiophene rings is 1. The van der Waals surface area contributed by atoms with Crippen LogP contribution < -0.4 is 0 Å². The molecule has 1 atom stereocenters. The molecule has 0 amide bonds. The third kappa shape index (κ3) is 3.40. The van der Waals surface area contributed by atoms with Crippen LogP contribution in [0.2, 0.25) is 0 Å². The van der Waals surface area contributed by atoms with Gasteiger partial charge in [0.15, 0.2) is 5.78 Å². The van der Waals surface area contributed by atoms with Crippen molar-refractivity contribution < 1.29 is 4.79 Å². The zero-order valence-corrected chi connectivity index (χ0v) is 12.4. The maximum atomic E-state index is 12.1. The zero-order chi connectivity index (χ0) is 12.1. The normalized spacial score (nSPS) is 13.1. The maximum Gasteiger partial charge on any atom is 0.187 e. The molecule has 0 aliphatic carbocycles. The Balaban J connectivity index is 2.66. The van der Waals surface area contributed by atoms with E-state index in [-0.39, 0.29) is 5.78 Å². The van der Waals surface area contributed by atoms with E-state index >= 15 is 0 Å². The van der Waals surface area contributed by atoms with Crippen LogP contribution in [0.3, 0.4) is 0 Å². The molecule has 1 unspecified atom stereocenters. The van der Waals surface area contributed by atoms with Crippen molar-refractivity contribution in [3.05, 3.63) is 20.8 Å². The van der Waals surface area contributed by atoms with Crippen molar-refractivity contribution in [2.24, 2.45) is 0 Å². The lowest BCUT2D eigenvalue weighted by molar-refractivity contribution is 0.0906. The van der Waals surface area contributed by atoms with E-state index in [1.165, 1.54) is 11.3 Å². The topological polar surface area (TPSA) is 20.3 Å². The zero-order valence-electron chi connectivity index (χ0n) is 10.00. The number of carbonyl (C=O) groups is 1. The van der Waals surface area contributed by atoms with Crippen LogP contribution in [0.4, 0.5) is 0 Å². The first-order valence-corrected chi connectivity index (χ1v) is 7.27. The van der Waals surface area contributed by atoms with Gasteiger partial charge in [-0.25, -0.2) is 0 Å². The van der Waals surface area contributed by atoms with Crippen molar-refractivity contribution in [1.82, 2.24) is 4.90 Å². The van der Waals surface area contributed by atoms with E-state index in [0.29, 0.717) is 12.6 Å². The van der Waals surface area contributed by atoms with E-state index in [2.05, 4.69) is 41.6 Å². The minimum Gasteiger partial charge on any atom is -0.293 e. The molecular formula is C12H18BrNOS. The number of halogens is 1. The van der Waals surface area contributed by atoms with Crippen LogP contribution >= 0.6 is 27.3 Å². The van der Waals surface area contributed by atoms with Crippen molar-refractivity contribution in [2.45, 2.75) is 33.2 Å². The Labute approximate surface area is 110 Å². The maximum absolute atomic E-state index is 12.1. The first-order chi connectivity index (χ1) is 7.60. The summed E-state index contributed by atoms with van der Waals surface area (Å²) in [5.74, 6) is 0.212. The fraction of sp³-hybridized carbons (Fsp3) is 0.583. The van der Waals surface area contributed by atoms with Crippen molar-refractivity contribution in [3.63, 3.8) is 0 Å². The van der Waals surface area contributed by atoms with E-state index in [4.69, 9.17) is 0 Å². The average molecular weight is 304 g/mol. The smallest absolute Gasteiger partial charge is 0.187 e. The highest BCUT2D eigenvalue weighted by Crippen LogP contribution is 2.23. The van der Waals surface area contributed by atoms with Crippen LogP contribution in [0.15, 0.2) is 15.9 Å². The summed E-state index contributed by atoms with van der Waals surface area (Å²) in [7, 11) is 0. The summed E-state index contributed by atoms with van der Waals surface area (Å²) in [6, 6.07) is 2.39. The fourth-order valence-corrected chi connectivity index (χ4v) is 3.11. The third-order valence-corrected chi connectivity index (χ3v) is 4.72. The Kier molecular flexibility index (Phi) is 5.66. The molecule has 90 valence electrons. The van der Waals surface area contributed by atoms with Gasteiger partial charge in [0, 0.05) is 10.5 Å². The molecular weight excluding hydrogens is 286 g/mol. The molecule has 4 heteroatoms. The van der Waals surface area contributed by atoms with Gasteiger partial charge in [0.25, 0.3) is 0 Å². The largest absolute Gasteiger partial charge is 0.293 e. The number of nitrogens with zero attached hydrogens (tertiary/aromatic N) is 1. The number of ketones is 1. The summed E-state index contributed by atoms with van der Waals surface area (Å²) in [5.41, 5.74) is 0. The van der Waals surface area contributed by atoms with Crippen molar-refractivity contribution in [3.8, 4) is 0 Å². The summed E-state index contributed by atoms with van der Waals surface area (Å²) in [6.07, 6.45) is 1.08. The molecule has 0 bridgehead atoms. The molecule has 0 saturated heterocycles. The average Bonchev–Trinajstić information content (AvgIpc) is 2.71. The molecule has 0 fully saturated rings. The van der Waals surface area contributed by atoms with E-state index in [0.717, 1.165) is 22.3 Å². The summed E-state index contributed by atoms with van der Waals surface area (Å²) >= 11 is 4.91. The van der Waals surface area contributed by atoms with Crippen LogP contribution in [0.1, 0.15) is 36.9 Å². The van der Waals surface area contributed by atoms with E-state index < -0.39 is 0 Å². The van der Waals surface area contributed by atoms with E-state index in [1.807, 2.05) is 11.4 Å². The highest BCUT2D eigenvalue weighted by molar-refractivity contribution is 9.10. The number of rotatable bonds is 6. The Morgan fingerprint density at radius 2 is 2.25 bits per heavy atom. The van der Waals surface area contributed by atoms with Crippen LogP contribution in [0, 0.1) is 0 Å². The van der Waals surface area contributed by atoms with Crippen molar-refractivity contribution >= 4 is 33.0 Å². The highest BCUT2D eigenvalue weighted by atomic mass is 79.9. The molecule has 1 heterocycles. The molecule has 1 aromatic heterocycles. The predicted octanol–water partition coefficient (Wildman–Crippen LogP) is 3.81. The predicted molar refractivity (Wildman–Crippen MR) is 73.3 cm³/mol. The number of hydrogen-bond donors (Lipinski definition) is 0. The Hall–Kier alpha value is -0.190. The number of hydrogen-bond acceptors (Lipinski definition) is 3. The van der Waals surface area contributed by atoms with E-state index in [1.54, 1.807) is 0 Å². The van der Waals surface area contributed by atoms with Gasteiger partial charge >= 0.3 is 0 Å². The van der Waals surface area contributed by atoms with Gasteiger partial charge in [0.05, 0.1) is 11.4 Å². The molecule has 0 radical (unpaired) electrons. The Bertz CT molecular complexity index is 351. The molecule has 16 heavy (non-hydrogen) atoms. The summed E-state index contributed by atoms with van der Waals surface area (Å²) in [5, 5.41) is 1.94. The van der Waals surface area contributed by atoms with Crippen LogP contribution in [0.5, 0.6) is 0 Å². The van der Waals surface area contributed by atoms with Gasteiger partial charge in [-0.2, -0.15) is 0 Å². The molecule has 2 nitrogen and oxygen atoms in total. The van der Waals surface area contributed by atoms with Crippen LogP contribution in [-0.2, 0) is 0 Å². The standard InChI is InChI=1S/C12H18BrNOS/c1-4-9(3)14(5-2)8-11(15)12-10(13)6-7-16-12/h6-7,9H,4-5,8H2,1-3H3. The van der Waals surface area contributed by atoms with Crippen LogP contribution in [0.25, 0.3) is 0 Å². The second-order valence-corrected chi connectivity index (χ2v) is 5.61. The van der Waals surface area contributed by atoms with E-state index in [9.17, 15) is 4.79 Å². The lowest BCUT2D eigenvalue weighted by atomic mass is 10.2. The van der Waals surface area contributed by atoms with Crippen molar-refractivity contribution in [1.29, 1.82) is 0 Å². The second-order valence-electron chi connectivity index (χ2n) is 3.84. The number of Topliss-reactive ketones (excluding diaryl/α,β-unsaturated/α-hetero) is 1. The lowest BCUT2D eigenvalue weighted by Gasteiger charge is -2.25. The van der Waals surface area contributed by atoms with Gasteiger partial charge < -0.3 is 0 Å². The summed E-state index contributed by atoms with van der Waals surface area (Å²) < 4.78 is 0.919. The molecule has 0 spiro atoms. The van der Waals surface area contributed by atoms with Gasteiger partial charge in [-0.3, -0.25) is 9.69 Å². The monoisotopic (exact) mass is 303 g/mol. The van der Waals surface area contributed by atoms with Gasteiger partial charge in [-0.15, -0.1) is 11.3 Å². The first-order valence-electron chi connectivity index (χ1n) is 5.60. The molecule has 1 rings (SSSR count). The minimum absolute atomic E-state index is 0.212. The highest BCUT2D eigenvalue weighted by Gasteiger charge is 2.17. The minimum atomic E-state index is 0.212. The van der Waals surface area contributed by atoms with Gasteiger partial charge in [-0.1, -0.05) is 13.8 Å². The Morgan fingerprint density at radius 3 is 2.69 bits per heavy atom. The molecule has 0 N–H and O–H groups in total. The number of likely N-dealkylation sites (N-methyl/N-ethyl adjacent to an activating group) is 1. The van der Waals surface area contributed by atoms with Crippen molar-refractivity contribution in [2.75, 3.05) is 13.1 Å². The van der Waals surface area contributed by atoms with Gasteiger partial charge in [0.1, 0.15) is 0 Å². The molecule has 0 aliphatic heterocycles. The lowest BCUT2D eigenvalue weighted by Crippen LogP contribution is -2.36. The fourth-order valence-electron chi connectivity index (χ4n) is 1.59. The second kappa shape index (κ2) is 6.52. The molecule has 0 aromatic carbocycles. The molecule has 0 aliphatic rings. The molecule has 1 aromatic rings.